The van der Waals surface area contributed by atoms with Gasteiger partial charge in [-0.25, -0.2) is 0 Å². The molecular weight excluding hydrogens is 388 g/mol. The minimum Gasteiger partial charge on any atom is -0.339 e. The lowest BCUT2D eigenvalue weighted by Gasteiger charge is -2.20. The Morgan fingerprint density at radius 2 is 1.83 bits per heavy atom. The van der Waals surface area contributed by atoms with Gasteiger partial charge in [-0.1, -0.05) is 41.9 Å². The van der Waals surface area contributed by atoms with E-state index in [0.29, 0.717) is 29.4 Å². The van der Waals surface area contributed by atoms with Crippen molar-refractivity contribution in [1.29, 1.82) is 0 Å². The summed E-state index contributed by atoms with van der Waals surface area (Å²) in [5, 5.41) is 7.41. The molecule has 1 atom stereocenters. The number of carbonyl (C=O) groups excluding carboxylic acids is 2. The number of halogens is 1. The fourth-order valence-electron chi connectivity index (χ4n) is 3.15. The molecule has 0 aliphatic carbocycles. The fourth-order valence-corrected chi connectivity index (χ4v) is 3.41. The number of rotatable bonds is 7. The standard InChI is InChI=1S/C22H23ClN4O2/c1-3-26(4-2)22(29)18-12-11-17(15-19(18)23)25-21(28)20(27-14-8-13-24-27)16-9-6-5-7-10-16/h5-15,20H,3-4H2,1-2H3,(H,25,28). The van der Waals surface area contributed by atoms with E-state index >= 15 is 0 Å². The highest BCUT2D eigenvalue weighted by atomic mass is 35.5. The van der Waals surface area contributed by atoms with Gasteiger partial charge in [0.2, 0.25) is 0 Å². The normalized spacial score (nSPS) is 11.7. The molecule has 6 nitrogen and oxygen atoms in total. The first kappa shape index (κ1) is 20.6. The van der Waals surface area contributed by atoms with Gasteiger partial charge in [-0.2, -0.15) is 5.10 Å². The summed E-state index contributed by atoms with van der Waals surface area (Å²) in [7, 11) is 0. The first-order chi connectivity index (χ1) is 14.0. The van der Waals surface area contributed by atoms with Crippen LogP contribution in [0, 0.1) is 0 Å². The molecule has 2 aromatic carbocycles. The Hall–Kier alpha value is -3.12. The number of anilines is 1. The number of amides is 2. The maximum absolute atomic E-state index is 13.1. The highest BCUT2D eigenvalue weighted by Crippen LogP contribution is 2.25. The molecule has 29 heavy (non-hydrogen) atoms. The third kappa shape index (κ3) is 4.66. The molecular formula is C22H23ClN4O2. The molecule has 1 unspecified atom stereocenters. The van der Waals surface area contributed by atoms with Gasteiger partial charge < -0.3 is 10.2 Å². The van der Waals surface area contributed by atoms with Gasteiger partial charge in [-0.3, -0.25) is 14.3 Å². The van der Waals surface area contributed by atoms with Crippen LogP contribution in [0.3, 0.4) is 0 Å². The number of carbonyl (C=O) groups is 2. The zero-order chi connectivity index (χ0) is 20.8. The van der Waals surface area contributed by atoms with E-state index in [2.05, 4.69) is 10.4 Å². The summed E-state index contributed by atoms with van der Waals surface area (Å²) in [5.74, 6) is -0.379. The van der Waals surface area contributed by atoms with Crippen molar-refractivity contribution < 1.29 is 9.59 Å². The van der Waals surface area contributed by atoms with E-state index in [0.717, 1.165) is 5.56 Å². The quantitative estimate of drug-likeness (QED) is 0.633. The Morgan fingerprint density at radius 1 is 1.10 bits per heavy atom. The molecule has 150 valence electrons. The highest BCUT2D eigenvalue weighted by molar-refractivity contribution is 6.34. The summed E-state index contributed by atoms with van der Waals surface area (Å²) in [6, 6.07) is 15.5. The van der Waals surface area contributed by atoms with Crippen molar-refractivity contribution >= 4 is 29.1 Å². The maximum Gasteiger partial charge on any atom is 0.255 e. The fraction of sp³-hybridized carbons (Fsp3) is 0.227. The Bertz CT molecular complexity index is 970. The zero-order valence-electron chi connectivity index (χ0n) is 16.4. The second kappa shape index (κ2) is 9.39. The van der Waals surface area contributed by atoms with Crippen molar-refractivity contribution in [2.24, 2.45) is 0 Å². The van der Waals surface area contributed by atoms with Crippen molar-refractivity contribution in [3.8, 4) is 0 Å². The average Bonchev–Trinajstić information content (AvgIpc) is 3.24. The summed E-state index contributed by atoms with van der Waals surface area (Å²) in [4.78, 5) is 27.3. The first-order valence-electron chi connectivity index (χ1n) is 9.48. The molecule has 0 bridgehead atoms. The van der Waals surface area contributed by atoms with E-state index in [1.54, 1.807) is 46.2 Å². The van der Waals surface area contributed by atoms with Crippen molar-refractivity contribution in [2.45, 2.75) is 19.9 Å². The Kier molecular flexibility index (Phi) is 6.67. The van der Waals surface area contributed by atoms with Gasteiger partial charge >= 0.3 is 0 Å². The number of hydrogen-bond donors (Lipinski definition) is 1. The average molecular weight is 411 g/mol. The largest absolute Gasteiger partial charge is 0.339 e. The van der Waals surface area contributed by atoms with Crippen LogP contribution in [-0.4, -0.2) is 39.6 Å². The molecule has 1 heterocycles. The highest BCUT2D eigenvalue weighted by Gasteiger charge is 2.23. The van der Waals surface area contributed by atoms with Gasteiger partial charge in [-0.15, -0.1) is 0 Å². The number of benzene rings is 2. The minimum atomic E-state index is -0.623. The molecule has 7 heteroatoms. The van der Waals surface area contributed by atoms with Crippen molar-refractivity contribution in [2.75, 3.05) is 18.4 Å². The minimum absolute atomic E-state index is 0.128. The number of nitrogens with zero attached hydrogens (tertiary/aromatic N) is 3. The lowest BCUT2D eigenvalue weighted by atomic mass is 10.1. The Morgan fingerprint density at radius 3 is 2.41 bits per heavy atom. The molecule has 0 spiro atoms. The van der Waals surface area contributed by atoms with Crippen molar-refractivity contribution in [3.63, 3.8) is 0 Å². The summed E-state index contributed by atoms with van der Waals surface area (Å²) >= 11 is 6.35. The summed E-state index contributed by atoms with van der Waals surface area (Å²) < 4.78 is 1.60. The van der Waals surface area contributed by atoms with Gasteiger partial charge in [0, 0.05) is 31.2 Å². The predicted octanol–water partition coefficient (Wildman–Crippen LogP) is 4.25. The maximum atomic E-state index is 13.1. The van der Waals surface area contributed by atoms with Crippen LogP contribution in [-0.2, 0) is 4.79 Å². The number of nitrogens with one attached hydrogen (secondary N) is 1. The summed E-state index contributed by atoms with van der Waals surface area (Å²) in [6.07, 6.45) is 3.38. The van der Waals surface area contributed by atoms with E-state index in [1.807, 2.05) is 44.2 Å². The second-order valence-corrected chi connectivity index (χ2v) is 6.87. The number of hydrogen-bond acceptors (Lipinski definition) is 3. The van der Waals surface area contributed by atoms with Gasteiger partial charge in [0.15, 0.2) is 6.04 Å². The Labute approximate surface area is 175 Å². The molecule has 0 aliphatic heterocycles. The molecule has 1 aromatic heterocycles. The van der Waals surface area contributed by atoms with Gasteiger partial charge in [0.25, 0.3) is 11.8 Å². The first-order valence-corrected chi connectivity index (χ1v) is 9.86. The van der Waals surface area contributed by atoms with Gasteiger partial charge in [0.05, 0.1) is 10.6 Å². The lowest BCUT2D eigenvalue weighted by molar-refractivity contribution is -0.118. The molecule has 0 radical (unpaired) electrons. The van der Waals surface area contributed by atoms with Crippen LogP contribution in [0.1, 0.15) is 35.8 Å². The van der Waals surface area contributed by atoms with Crippen LogP contribution in [0.15, 0.2) is 67.0 Å². The molecule has 3 rings (SSSR count). The third-order valence-electron chi connectivity index (χ3n) is 4.67. The van der Waals surface area contributed by atoms with Crippen LogP contribution >= 0.6 is 11.6 Å². The van der Waals surface area contributed by atoms with Gasteiger partial charge in [0.1, 0.15) is 0 Å². The topological polar surface area (TPSA) is 67.2 Å². The van der Waals surface area contributed by atoms with Crippen LogP contribution < -0.4 is 5.32 Å². The molecule has 0 saturated heterocycles. The SMILES string of the molecule is CCN(CC)C(=O)c1ccc(NC(=O)C(c2ccccc2)n2cccn2)cc1Cl. The summed E-state index contributed by atoms with van der Waals surface area (Å²) in [6.45, 7) is 5.05. The molecule has 1 N–H and O–H groups in total. The van der Waals surface area contributed by atoms with E-state index in [4.69, 9.17) is 11.6 Å². The third-order valence-corrected chi connectivity index (χ3v) is 4.98. The van der Waals surface area contributed by atoms with Gasteiger partial charge in [-0.05, 0) is 43.7 Å². The summed E-state index contributed by atoms with van der Waals surface area (Å²) in [5.41, 5.74) is 1.75. The lowest BCUT2D eigenvalue weighted by Crippen LogP contribution is -2.30. The number of aromatic nitrogens is 2. The van der Waals surface area contributed by atoms with Crippen LogP contribution in [0.2, 0.25) is 5.02 Å². The van der Waals surface area contributed by atoms with E-state index < -0.39 is 6.04 Å². The van der Waals surface area contributed by atoms with E-state index in [1.165, 1.54) is 0 Å². The zero-order valence-corrected chi connectivity index (χ0v) is 17.1. The molecule has 0 aliphatic rings. The molecule has 0 fully saturated rings. The van der Waals surface area contributed by atoms with Crippen LogP contribution in [0.5, 0.6) is 0 Å². The molecule has 3 aromatic rings. The van der Waals surface area contributed by atoms with Crippen LogP contribution in [0.4, 0.5) is 5.69 Å². The van der Waals surface area contributed by atoms with E-state index in [-0.39, 0.29) is 11.8 Å². The predicted molar refractivity (Wildman–Crippen MR) is 114 cm³/mol. The van der Waals surface area contributed by atoms with Crippen molar-refractivity contribution in [3.05, 3.63) is 83.1 Å². The monoisotopic (exact) mass is 410 g/mol. The smallest absolute Gasteiger partial charge is 0.255 e. The van der Waals surface area contributed by atoms with E-state index in [9.17, 15) is 9.59 Å². The van der Waals surface area contributed by atoms with Crippen molar-refractivity contribution in [1.82, 2.24) is 14.7 Å². The molecule has 0 saturated carbocycles. The second-order valence-electron chi connectivity index (χ2n) is 6.46. The molecule has 2 amide bonds. The Balaban J connectivity index is 1.84. The van der Waals surface area contributed by atoms with Crippen LogP contribution in [0.25, 0.3) is 0 Å².